The minimum Gasteiger partial charge on any atom is -0.389 e. The summed E-state index contributed by atoms with van der Waals surface area (Å²) in [5.41, 5.74) is 1.91. The third-order valence-corrected chi connectivity index (χ3v) is 6.09. The number of ketones is 1. The van der Waals surface area contributed by atoms with Crippen LogP contribution in [-0.4, -0.2) is 64.6 Å². The van der Waals surface area contributed by atoms with Gasteiger partial charge in [0.2, 0.25) is 0 Å². The predicted octanol–water partition coefficient (Wildman–Crippen LogP) is 2.23. The second-order valence-electron chi connectivity index (χ2n) is 9.26. The minimum absolute atomic E-state index is 0.110. The molecule has 10 nitrogen and oxygen atoms in total. The molecule has 0 saturated heterocycles. The fourth-order valence-corrected chi connectivity index (χ4v) is 4.07. The number of anilines is 1. The molecule has 1 aliphatic heterocycles. The first kappa shape index (κ1) is 25.2. The number of allylic oxidation sites excluding steroid dienone is 4. The average Bonchev–Trinajstić information content (AvgIpc) is 3.55. The summed E-state index contributed by atoms with van der Waals surface area (Å²) in [4.78, 5) is 31.2. The van der Waals surface area contributed by atoms with Gasteiger partial charge in [-0.2, -0.15) is 10.1 Å². The highest BCUT2D eigenvalue weighted by Crippen LogP contribution is 2.23. The largest absolute Gasteiger partial charge is 0.389 e. The zero-order valence-corrected chi connectivity index (χ0v) is 20.5. The minimum atomic E-state index is -0.965. The van der Waals surface area contributed by atoms with Crippen molar-refractivity contribution in [1.82, 2.24) is 15.5 Å². The molecule has 1 amide bonds. The molecule has 1 unspecified atom stereocenters. The van der Waals surface area contributed by atoms with Gasteiger partial charge in [0.15, 0.2) is 11.6 Å². The van der Waals surface area contributed by atoms with E-state index >= 15 is 0 Å². The van der Waals surface area contributed by atoms with Crippen LogP contribution < -0.4 is 10.2 Å². The Morgan fingerprint density at radius 2 is 2.06 bits per heavy atom. The first-order valence-corrected chi connectivity index (χ1v) is 11.9. The summed E-state index contributed by atoms with van der Waals surface area (Å²) in [5.74, 6) is -0.361. The summed E-state index contributed by atoms with van der Waals surface area (Å²) < 4.78 is 5.33. The number of amides is 1. The number of aliphatic hydroxyl groups excluding tert-OH is 1. The second-order valence-corrected chi connectivity index (χ2v) is 9.26. The molecule has 10 heteroatoms. The molecule has 36 heavy (non-hydrogen) atoms. The van der Waals surface area contributed by atoms with Crippen LogP contribution in [0.3, 0.4) is 0 Å². The third kappa shape index (κ3) is 6.01. The van der Waals surface area contributed by atoms with Crippen molar-refractivity contribution in [3.05, 3.63) is 65.5 Å². The first-order chi connectivity index (χ1) is 17.3. The lowest BCUT2D eigenvalue weighted by Crippen LogP contribution is -2.51. The number of carbonyl (C=O) groups is 2. The van der Waals surface area contributed by atoms with E-state index in [4.69, 9.17) is 4.52 Å². The molecule has 2 aliphatic rings. The molecule has 0 bridgehead atoms. The van der Waals surface area contributed by atoms with Gasteiger partial charge in [-0.25, -0.2) is 0 Å². The van der Waals surface area contributed by atoms with E-state index in [0.29, 0.717) is 18.7 Å². The molecule has 0 radical (unpaired) electrons. The summed E-state index contributed by atoms with van der Waals surface area (Å²) >= 11 is 0. The molecule has 0 saturated carbocycles. The number of nitrogens with zero attached hydrogens (tertiary/aromatic N) is 5. The topological polar surface area (TPSA) is 133 Å². The Balaban J connectivity index is 1.49. The highest BCUT2D eigenvalue weighted by atomic mass is 16.5. The SMILES string of the molecule is CC(C)c1noc(N(C)C[C@@H](O)[C@H](Cc2ccccc2)NC(=O)C2=NN=CC2C2=CC(=O)C=CC2)n1. The summed E-state index contributed by atoms with van der Waals surface area (Å²) in [5, 5.41) is 26.1. The van der Waals surface area contributed by atoms with E-state index < -0.39 is 24.0 Å². The van der Waals surface area contributed by atoms with Crippen molar-refractivity contribution < 1.29 is 19.2 Å². The normalized spacial score (nSPS) is 18.7. The molecule has 1 aromatic heterocycles. The van der Waals surface area contributed by atoms with Gasteiger partial charge in [-0.05, 0) is 36.1 Å². The van der Waals surface area contributed by atoms with Crippen LogP contribution in [0.4, 0.5) is 6.01 Å². The van der Waals surface area contributed by atoms with E-state index in [2.05, 4.69) is 25.7 Å². The second kappa shape index (κ2) is 11.2. The van der Waals surface area contributed by atoms with Crippen LogP contribution in [0.25, 0.3) is 0 Å². The van der Waals surface area contributed by atoms with E-state index in [9.17, 15) is 14.7 Å². The number of aliphatic hydroxyl groups is 1. The van der Waals surface area contributed by atoms with Gasteiger partial charge >= 0.3 is 6.01 Å². The maximum absolute atomic E-state index is 13.3. The lowest BCUT2D eigenvalue weighted by Gasteiger charge is -2.28. The van der Waals surface area contributed by atoms with E-state index in [1.54, 1.807) is 24.2 Å². The Kier molecular flexibility index (Phi) is 7.84. The Bertz CT molecular complexity index is 1210. The van der Waals surface area contributed by atoms with Gasteiger partial charge in [0, 0.05) is 19.2 Å². The number of carbonyl (C=O) groups excluding carboxylic acids is 2. The first-order valence-electron chi connectivity index (χ1n) is 11.9. The van der Waals surface area contributed by atoms with Crippen molar-refractivity contribution in [1.29, 1.82) is 0 Å². The van der Waals surface area contributed by atoms with Crippen LogP contribution in [0.1, 0.15) is 37.6 Å². The van der Waals surface area contributed by atoms with Crippen molar-refractivity contribution in [2.75, 3.05) is 18.5 Å². The van der Waals surface area contributed by atoms with Crippen molar-refractivity contribution in [2.45, 2.75) is 44.8 Å². The zero-order chi connectivity index (χ0) is 25.7. The monoisotopic (exact) mass is 490 g/mol. The molecule has 2 heterocycles. The number of aromatic nitrogens is 2. The van der Waals surface area contributed by atoms with Crippen molar-refractivity contribution in [3.8, 4) is 0 Å². The number of nitrogens with one attached hydrogen (secondary N) is 1. The number of rotatable bonds is 10. The predicted molar refractivity (Wildman–Crippen MR) is 136 cm³/mol. The number of benzene rings is 1. The molecule has 0 spiro atoms. The molecular weight excluding hydrogens is 460 g/mol. The molecule has 188 valence electrons. The fraction of sp³-hybridized carbons (Fsp3) is 0.385. The summed E-state index contributed by atoms with van der Waals surface area (Å²) in [6, 6.07) is 9.25. The standard InChI is InChI=1S/C26H30N6O4/c1-16(2)24-29-26(36-31-24)32(3)15-22(34)21(12-17-8-5-4-6-9-17)28-25(35)23-20(14-27-30-23)18-10-7-11-19(33)13-18/h4-9,11,13-14,16,20-22,34H,10,12,15H2,1-3H3,(H,28,35)/t20?,21-,22+/m0/s1. The Morgan fingerprint density at radius 3 is 2.75 bits per heavy atom. The summed E-state index contributed by atoms with van der Waals surface area (Å²) in [6.07, 6.45) is 6.32. The maximum Gasteiger partial charge on any atom is 0.323 e. The van der Waals surface area contributed by atoms with Crippen LogP contribution in [0.2, 0.25) is 0 Å². The van der Waals surface area contributed by atoms with Crippen molar-refractivity contribution in [3.63, 3.8) is 0 Å². The molecular formula is C26H30N6O4. The lowest BCUT2D eigenvalue weighted by atomic mass is 9.89. The molecule has 3 atom stereocenters. The zero-order valence-electron chi connectivity index (χ0n) is 20.5. The van der Waals surface area contributed by atoms with E-state index in [0.717, 1.165) is 11.1 Å². The van der Waals surface area contributed by atoms with E-state index in [-0.39, 0.29) is 30.0 Å². The molecule has 4 rings (SSSR count). The lowest BCUT2D eigenvalue weighted by molar-refractivity contribution is -0.116. The molecule has 0 fully saturated rings. The van der Waals surface area contributed by atoms with Gasteiger partial charge in [-0.1, -0.05) is 55.4 Å². The van der Waals surface area contributed by atoms with Crippen molar-refractivity contribution in [2.24, 2.45) is 16.1 Å². The number of likely N-dealkylation sites (N-methyl/N-ethyl adjacent to an activating group) is 1. The molecule has 1 aliphatic carbocycles. The molecule has 1 aromatic carbocycles. The van der Waals surface area contributed by atoms with Crippen LogP contribution >= 0.6 is 0 Å². The van der Waals surface area contributed by atoms with Gasteiger partial charge < -0.3 is 19.8 Å². The Labute approximate surface area is 209 Å². The van der Waals surface area contributed by atoms with E-state index in [1.165, 1.54) is 12.2 Å². The quantitative estimate of drug-likeness (QED) is 0.522. The highest BCUT2D eigenvalue weighted by Gasteiger charge is 2.32. The number of hydrogen-bond donors (Lipinski definition) is 2. The van der Waals surface area contributed by atoms with Gasteiger partial charge in [0.1, 0.15) is 5.71 Å². The Morgan fingerprint density at radius 1 is 1.28 bits per heavy atom. The van der Waals surface area contributed by atoms with Gasteiger partial charge in [-0.15, -0.1) is 5.10 Å². The van der Waals surface area contributed by atoms with Gasteiger partial charge in [0.25, 0.3) is 5.91 Å². The van der Waals surface area contributed by atoms with Crippen LogP contribution in [0.5, 0.6) is 0 Å². The fourth-order valence-electron chi connectivity index (χ4n) is 4.07. The number of hydrogen-bond acceptors (Lipinski definition) is 9. The third-order valence-electron chi connectivity index (χ3n) is 6.09. The maximum atomic E-state index is 13.3. The van der Waals surface area contributed by atoms with E-state index in [1.807, 2.05) is 44.2 Å². The van der Waals surface area contributed by atoms with Crippen molar-refractivity contribution >= 4 is 29.6 Å². The van der Waals surface area contributed by atoms with Crippen LogP contribution in [0.15, 0.2) is 68.9 Å². The van der Waals surface area contributed by atoms with Crippen LogP contribution in [-0.2, 0) is 16.0 Å². The summed E-state index contributed by atoms with van der Waals surface area (Å²) in [7, 11) is 1.74. The highest BCUT2D eigenvalue weighted by molar-refractivity contribution is 6.44. The Hall–Kier alpha value is -3.92. The smallest absolute Gasteiger partial charge is 0.323 e. The average molecular weight is 491 g/mol. The van der Waals surface area contributed by atoms with Gasteiger partial charge in [-0.3, -0.25) is 9.59 Å². The molecule has 2 N–H and O–H groups in total. The van der Waals surface area contributed by atoms with Gasteiger partial charge in [0.05, 0.1) is 24.6 Å². The van der Waals surface area contributed by atoms with Crippen LogP contribution in [0, 0.1) is 5.92 Å². The summed E-state index contributed by atoms with van der Waals surface area (Å²) in [6.45, 7) is 4.08. The molecule has 2 aromatic rings.